The molecule has 1 amide bonds. The van der Waals surface area contributed by atoms with E-state index in [0.29, 0.717) is 18.5 Å². The van der Waals surface area contributed by atoms with Crippen molar-refractivity contribution in [2.45, 2.75) is 6.42 Å². The van der Waals surface area contributed by atoms with Gasteiger partial charge in [-0.3, -0.25) is 9.78 Å². The summed E-state index contributed by atoms with van der Waals surface area (Å²) in [5.74, 6) is -0.420. The maximum atomic E-state index is 13.3. The van der Waals surface area contributed by atoms with Crippen LogP contribution in [-0.4, -0.2) is 22.4 Å². The van der Waals surface area contributed by atoms with Crippen molar-refractivity contribution in [2.24, 2.45) is 0 Å². The molecule has 0 aliphatic heterocycles. The number of carbonyl (C=O) groups is 1. The quantitative estimate of drug-likeness (QED) is 0.773. The number of benzene rings is 1. The molecule has 0 bridgehead atoms. The van der Waals surface area contributed by atoms with Crippen molar-refractivity contribution in [1.82, 2.24) is 15.3 Å². The first-order valence-electron chi connectivity index (χ1n) is 6.68. The fraction of sp³-hybridized carbons (Fsp3) is 0.125. The SMILES string of the molecule is O=C(NCCc1c[nH]c2ccc(F)cc12)c1cccnc1. The summed E-state index contributed by atoms with van der Waals surface area (Å²) < 4.78 is 13.3. The smallest absolute Gasteiger partial charge is 0.252 e. The molecule has 2 heterocycles. The summed E-state index contributed by atoms with van der Waals surface area (Å²) >= 11 is 0. The fourth-order valence-corrected chi connectivity index (χ4v) is 2.27. The topological polar surface area (TPSA) is 57.8 Å². The molecule has 0 aliphatic rings. The minimum absolute atomic E-state index is 0.158. The summed E-state index contributed by atoms with van der Waals surface area (Å²) in [6.45, 7) is 0.483. The highest BCUT2D eigenvalue weighted by molar-refractivity contribution is 5.93. The summed E-state index contributed by atoms with van der Waals surface area (Å²) in [5.41, 5.74) is 2.41. The van der Waals surface area contributed by atoms with Gasteiger partial charge in [-0.25, -0.2) is 4.39 Å². The Morgan fingerprint density at radius 1 is 1.33 bits per heavy atom. The third-order valence-corrected chi connectivity index (χ3v) is 3.33. The number of nitrogens with one attached hydrogen (secondary N) is 2. The van der Waals surface area contributed by atoms with Gasteiger partial charge in [0.05, 0.1) is 5.56 Å². The summed E-state index contributed by atoms with van der Waals surface area (Å²) in [6.07, 6.45) is 5.63. The van der Waals surface area contributed by atoms with Crippen LogP contribution in [0, 0.1) is 5.82 Å². The lowest BCUT2D eigenvalue weighted by Crippen LogP contribution is -2.25. The van der Waals surface area contributed by atoms with E-state index in [9.17, 15) is 9.18 Å². The average Bonchev–Trinajstić information content (AvgIpc) is 2.90. The van der Waals surface area contributed by atoms with Crippen LogP contribution in [0.4, 0.5) is 4.39 Å². The molecule has 0 radical (unpaired) electrons. The molecule has 3 rings (SSSR count). The Morgan fingerprint density at radius 3 is 3.05 bits per heavy atom. The molecule has 21 heavy (non-hydrogen) atoms. The predicted molar refractivity (Wildman–Crippen MR) is 78.5 cm³/mol. The standard InChI is InChI=1S/C16H14FN3O/c17-13-3-4-15-14(8-13)11(10-20-15)5-7-19-16(21)12-2-1-6-18-9-12/h1-4,6,8-10,20H,5,7H2,(H,19,21). The third kappa shape index (κ3) is 2.91. The molecule has 4 nitrogen and oxygen atoms in total. The van der Waals surface area contributed by atoms with Gasteiger partial charge in [-0.15, -0.1) is 0 Å². The van der Waals surface area contributed by atoms with Gasteiger partial charge in [0.2, 0.25) is 0 Å². The number of aromatic nitrogens is 2. The van der Waals surface area contributed by atoms with E-state index in [1.54, 1.807) is 24.4 Å². The van der Waals surface area contributed by atoms with Crippen molar-refractivity contribution in [3.8, 4) is 0 Å². The molecule has 0 saturated carbocycles. The summed E-state index contributed by atoms with van der Waals surface area (Å²) in [6, 6.07) is 8.07. The summed E-state index contributed by atoms with van der Waals surface area (Å²) in [5, 5.41) is 3.68. The van der Waals surface area contributed by atoms with Crippen LogP contribution in [0.1, 0.15) is 15.9 Å². The molecular formula is C16H14FN3O. The van der Waals surface area contributed by atoms with Crippen LogP contribution in [0.25, 0.3) is 10.9 Å². The number of rotatable bonds is 4. The van der Waals surface area contributed by atoms with Gasteiger partial charge in [0.25, 0.3) is 5.91 Å². The van der Waals surface area contributed by atoms with Gasteiger partial charge in [0.1, 0.15) is 5.82 Å². The zero-order valence-corrected chi connectivity index (χ0v) is 11.3. The largest absolute Gasteiger partial charge is 0.361 e. The van der Waals surface area contributed by atoms with Gasteiger partial charge in [-0.05, 0) is 42.3 Å². The van der Waals surface area contributed by atoms with Gasteiger partial charge in [0, 0.05) is 36.0 Å². The van der Waals surface area contributed by atoms with E-state index >= 15 is 0 Å². The molecule has 0 fully saturated rings. The molecule has 0 unspecified atom stereocenters. The Hall–Kier alpha value is -2.69. The number of nitrogens with zero attached hydrogens (tertiary/aromatic N) is 1. The lowest BCUT2D eigenvalue weighted by Gasteiger charge is -2.04. The lowest BCUT2D eigenvalue weighted by molar-refractivity contribution is 0.0954. The fourth-order valence-electron chi connectivity index (χ4n) is 2.27. The second-order valence-electron chi connectivity index (χ2n) is 4.75. The molecule has 1 aromatic carbocycles. The number of halogens is 1. The highest BCUT2D eigenvalue weighted by atomic mass is 19.1. The predicted octanol–water partition coefficient (Wildman–Crippen LogP) is 2.67. The van der Waals surface area contributed by atoms with Crippen LogP contribution >= 0.6 is 0 Å². The van der Waals surface area contributed by atoms with Gasteiger partial charge in [0.15, 0.2) is 0 Å². The molecule has 5 heteroatoms. The van der Waals surface area contributed by atoms with Gasteiger partial charge in [-0.2, -0.15) is 0 Å². The molecule has 2 N–H and O–H groups in total. The van der Waals surface area contributed by atoms with Crippen molar-refractivity contribution < 1.29 is 9.18 Å². The van der Waals surface area contributed by atoms with E-state index in [4.69, 9.17) is 0 Å². The molecule has 2 aromatic heterocycles. The lowest BCUT2D eigenvalue weighted by atomic mass is 10.1. The number of hydrogen-bond donors (Lipinski definition) is 2. The highest BCUT2D eigenvalue weighted by Gasteiger charge is 2.07. The summed E-state index contributed by atoms with van der Waals surface area (Å²) in [7, 11) is 0. The average molecular weight is 283 g/mol. The molecule has 0 atom stereocenters. The highest BCUT2D eigenvalue weighted by Crippen LogP contribution is 2.19. The molecule has 106 valence electrons. The number of H-pyrrole nitrogens is 1. The van der Waals surface area contributed by atoms with Crippen LogP contribution < -0.4 is 5.32 Å². The Balaban J connectivity index is 1.65. The second kappa shape index (κ2) is 5.75. The molecule has 0 aliphatic carbocycles. The minimum atomic E-state index is -0.261. The first-order valence-corrected chi connectivity index (χ1v) is 6.68. The van der Waals surface area contributed by atoms with Crippen LogP contribution in [0.2, 0.25) is 0 Å². The molecule has 0 spiro atoms. The van der Waals surface area contributed by atoms with Crippen molar-refractivity contribution in [2.75, 3.05) is 6.54 Å². The Bertz CT molecular complexity index is 768. The van der Waals surface area contributed by atoms with Crippen LogP contribution in [0.15, 0.2) is 48.9 Å². The number of fused-ring (bicyclic) bond motifs is 1. The van der Waals surface area contributed by atoms with Crippen LogP contribution in [-0.2, 0) is 6.42 Å². The Kier molecular flexibility index (Phi) is 3.64. The van der Waals surface area contributed by atoms with Crippen LogP contribution in [0.5, 0.6) is 0 Å². The normalized spacial score (nSPS) is 10.7. The van der Waals surface area contributed by atoms with E-state index in [-0.39, 0.29) is 11.7 Å². The number of carbonyl (C=O) groups excluding carboxylic acids is 1. The zero-order chi connectivity index (χ0) is 14.7. The van der Waals surface area contributed by atoms with E-state index in [1.165, 1.54) is 18.3 Å². The Morgan fingerprint density at radius 2 is 2.24 bits per heavy atom. The van der Waals surface area contributed by atoms with E-state index in [1.807, 2.05) is 6.20 Å². The van der Waals surface area contributed by atoms with E-state index < -0.39 is 0 Å². The third-order valence-electron chi connectivity index (χ3n) is 3.33. The number of pyridine rings is 1. The summed E-state index contributed by atoms with van der Waals surface area (Å²) in [4.78, 5) is 18.9. The monoisotopic (exact) mass is 283 g/mol. The number of hydrogen-bond acceptors (Lipinski definition) is 2. The van der Waals surface area contributed by atoms with Crippen molar-refractivity contribution >= 4 is 16.8 Å². The number of aromatic amines is 1. The number of amides is 1. The van der Waals surface area contributed by atoms with Gasteiger partial charge in [-0.1, -0.05) is 0 Å². The van der Waals surface area contributed by atoms with E-state index in [0.717, 1.165) is 16.5 Å². The maximum absolute atomic E-state index is 13.3. The van der Waals surface area contributed by atoms with Crippen LogP contribution in [0.3, 0.4) is 0 Å². The second-order valence-corrected chi connectivity index (χ2v) is 4.75. The zero-order valence-electron chi connectivity index (χ0n) is 11.3. The first-order chi connectivity index (χ1) is 10.2. The minimum Gasteiger partial charge on any atom is -0.361 e. The van der Waals surface area contributed by atoms with Gasteiger partial charge >= 0.3 is 0 Å². The van der Waals surface area contributed by atoms with Crippen molar-refractivity contribution in [3.05, 3.63) is 65.9 Å². The van der Waals surface area contributed by atoms with Crippen molar-refractivity contribution in [3.63, 3.8) is 0 Å². The Labute approximate surface area is 121 Å². The molecule has 3 aromatic rings. The van der Waals surface area contributed by atoms with Crippen molar-refractivity contribution in [1.29, 1.82) is 0 Å². The van der Waals surface area contributed by atoms with E-state index in [2.05, 4.69) is 15.3 Å². The van der Waals surface area contributed by atoms with Gasteiger partial charge < -0.3 is 10.3 Å². The molecule has 0 saturated heterocycles. The molecular weight excluding hydrogens is 269 g/mol. The first kappa shape index (κ1) is 13.3. The maximum Gasteiger partial charge on any atom is 0.252 e.